The van der Waals surface area contributed by atoms with Gasteiger partial charge in [-0.25, -0.2) is 0 Å². The minimum absolute atomic E-state index is 0.326. The van der Waals surface area contributed by atoms with Crippen molar-refractivity contribution in [1.29, 1.82) is 0 Å². The van der Waals surface area contributed by atoms with Gasteiger partial charge >= 0.3 is 0 Å². The summed E-state index contributed by atoms with van der Waals surface area (Å²) in [5, 5.41) is 9.63. The van der Waals surface area contributed by atoms with Crippen molar-refractivity contribution in [3.05, 3.63) is 29.8 Å². The molecule has 0 spiro atoms. The van der Waals surface area contributed by atoms with Crippen LogP contribution in [0.3, 0.4) is 0 Å². The molecule has 2 rings (SSSR count). The Labute approximate surface area is 115 Å². The zero-order valence-corrected chi connectivity index (χ0v) is 11.9. The van der Waals surface area contributed by atoms with Crippen LogP contribution in [0.1, 0.15) is 44.6 Å². The number of phenolic OH excluding ortho intramolecular Hbond substituents is 1. The molecule has 1 aliphatic rings. The third-order valence-electron chi connectivity index (χ3n) is 4.13. The highest BCUT2D eigenvalue weighted by Crippen LogP contribution is 2.36. The summed E-state index contributed by atoms with van der Waals surface area (Å²) in [5.41, 5.74) is 1.29. The molecular weight excluding hydrogens is 244 g/mol. The van der Waals surface area contributed by atoms with E-state index in [1.54, 1.807) is 12.1 Å². The number of halogens is 1. The molecule has 1 aromatic rings. The summed E-state index contributed by atoms with van der Waals surface area (Å²) in [6.45, 7) is 2.27. The average Bonchev–Trinajstić information content (AvgIpc) is 2.36. The highest BCUT2D eigenvalue weighted by atomic mass is 35.5. The monoisotopic (exact) mass is 266 g/mol. The summed E-state index contributed by atoms with van der Waals surface area (Å²) >= 11 is 6.48. The minimum atomic E-state index is 0.326. The quantitative estimate of drug-likeness (QED) is 0.779. The first-order valence-electron chi connectivity index (χ1n) is 7.11. The van der Waals surface area contributed by atoms with Gasteiger partial charge in [-0.3, -0.25) is 0 Å². The number of rotatable bonds is 4. The third kappa shape index (κ3) is 3.65. The largest absolute Gasteiger partial charge is 0.508 e. The van der Waals surface area contributed by atoms with Crippen LogP contribution < -0.4 is 0 Å². The van der Waals surface area contributed by atoms with Crippen LogP contribution in [0, 0.1) is 11.8 Å². The molecule has 100 valence electrons. The molecule has 1 saturated carbocycles. The van der Waals surface area contributed by atoms with Crippen molar-refractivity contribution in [3.63, 3.8) is 0 Å². The van der Waals surface area contributed by atoms with E-state index in [1.807, 2.05) is 12.1 Å². The van der Waals surface area contributed by atoms with Gasteiger partial charge in [0.15, 0.2) is 0 Å². The van der Waals surface area contributed by atoms with E-state index in [1.165, 1.54) is 31.2 Å². The van der Waals surface area contributed by atoms with Gasteiger partial charge in [0.2, 0.25) is 0 Å². The zero-order valence-electron chi connectivity index (χ0n) is 11.1. The molecule has 3 unspecified atom stereocenters. The van der Waals surface area contributed by atoms with E-state index in [9.17, 15) is 5.11 Å². The van der Waals surface area contributed by atoms with Crippen molar-refractivity contribution in [1.82, 2.24) is 0 Å². The number of hydrogen-bond acceptors (Lipinski definition) is 1. The van der Waals surface area contributed by atoms with Crippen LogP contribution in [0.4, 0.5) is 0 Å². The topological polar surface area (TPSA) is 20.2 Å². The van der Waals surface area contributed by atoms with Crippen molar-refractivity contribution in [2.45, 2.75) is 50.8 Å². The second-order valence-electron chi connectivity index (χ2n) is 5.61. The highest BCUT2D eigenvalue weighted by molar-refractivity contribution is 6.20. The lowest BCUT2D eigenvalue weighted by Gasteiger charge is -2.33. The first-order valence-corrected chi connectivity index (χ1v) is 7.54. The molecule has 0 radical (unpaired) electrons. The predicted molar refractivity (Wildman–Crippen MR) is 77.2 cm³/mol. The molecular formula is C16H23ClO. The first-order chi connectivity index (χ1) is 8.69. The van der Waals surface area contributed by atoms with Crippen LogP contribution in [-0.2, 0) is 6.42 Å². The van der Waals surface area contributed by atoms with Gasteiger partial charge in [0, 0.05) is 5.38 Å². The van der Waals surface area contributed by atoms with Crippen LogP contribution in [0.5, 0.6) is 5.75 Å². The fraction of sp³-hybridized carbons (Fsp3) is 0.625. The summed E-state index contributed by atoms with van der Waals surface area (Å²) in [4.78, 5) is 0. The molecule has 0 amide bonds. The maximum absolute atomic E-state index is 9.30. The predicted octanol–water partition coefficient (Wildman–Crippen LogP) is 4.76. The van der Waals surface area contributed by atoms with E-state index >= 15 is 0 Å². The molecule has 1 aromatic carbocycles. The molecule has 0 aromatic heterocycles. The lowest BCUT2D eigenvalue weighted by atomic mass is 9.76. The number of benzene rings is 1. The van der Waals surface area contributed by atoms with E-state index in [2.05, 4.69) is 6.92 Å². The third-order valence-corrected chi connectivity index (χ3v) is 4.70. The molecule has 0 bridgehead atoms. The van der Waals surface area contributed by atoms with Gasteiger partial charge in [-0.05, 0) is 55.2 Å². The molecule has 1 fully saturated rings. The average molecular weight is 267 g/mol. The molecule has 0 saturated heterocycles. The van der Waals surface area contributed by atoms with Gasteiger partial charge in [0.25, 0.3) is 0 Å². The number of phenols is 1. The molecule has 3 atom stereocenters. The van der Waals surface area contributed by atoms with Gasteiger partial charge in [0.05, 0.1) is 0 Å². The van der Waals surface area contributed by atoms with E-state index in [0.717, 1.165) is 18.8 Å². The van der Waals surface area contributed by atoms with E-state index in [4.69, 9.17) is 11.6 Å². The molecule has 0 aliphatic heterocycles. The number of aromatic hydroxyl groups is 1. The van der Waals surface area contributed by atoms with Gasteiger partial charge in [-0.1, -0.05) is 31.9 Å². The minimum Gasteiger partial charge on any atom is -0.508 e. The first kappa shape index (κ1) is 13.7. The van der Waals surface area contributed by atoms with Gasteiger partial charge in [-0.2, -0.15) is 0 Å². The van der Waals surface area contributed by atoms with Crippen molar-refractivity contribution >= 4 is 11.6 Å². The smallest absolute Gasteiger partial charge is 0.115 e. The zero-order chi connectivity index (χ0) is 13.0. The standard InChI is InChI=1S/C16H23ClO/c1-2-3-12-6-9-16(17)14(10-12)11-13-4-7-15(18)8-5-13/h4-5,7-8,12,14,16,18H,2-3,6,9-11H2,1H3. The fourth-order valence-electron chi connectivity index (χ4n) is 3.14. The van der Waals surface area contributed by atoms with Crippen LogP contribution in [0.15, 0.2) is 24.3 Å². The Morgan fingerprint density at radius 3 is 2.61 bits per heavy atom. The van der Waals surface area contributed by atoms with Crippen LogP contribution >= 0.6 is 11.6 Å². The highest BCUT2D eigenvalue weighted by Gasteiger charge is 2.28. The maximum Gasteiger partial charge on any atom is 0.115 e. The van der Waals surface area contributed by atoms with Gasteiger partial charge in [-0.15, -0.1) is 11.6 Å². The second-order valence-corrected chi connectivity index (χ2v) is 6.17. The Morgan fingerprint density at radius 1 is 1.22 bits per heavy atom. The van der Waals surface area contributed by atoms with E-state index < -0.39 is 0 Å². The molecule has 2 heteroatoms. The molecule has 0 heterocycles. The fourth-order valence-corrected chi connectivity index (χ4v) is 3.46. The lowest BCUT2D eigenvalue weighted by Crippen LogP contribution is -2.27. The molecule has 1 nitrogen and oxygen atoms in total. The van der Waals surface area contributed by atoms with Crippen molar-refractivity contribution in [2.24, 2.45) is 11.8 Å². The van der Waals surface area contributed by atoms with Crippen LogP contribution in [0.2, 0.25) is 0 Å². The Kier molecular flexibility index (Phi) is 4.94. The van der Waals surface area contributed by atoms with Gasteiger partial charge < -0.3 is 5.11 Å². The Balaban J connectivity index is 1.95. The van der Waals surface area contributed by atoms with Crippen molar-refractivity contribution in [3.8, 4) is 5.75 Å². The normalized spacial score (nSPS) is 28.2. The summed E-state index contributed by atoms with van der Waals surface area (Å²) in [6, 6.07) is 7.57. The van der Waals surface area contributed by atoms with Gasteiger partial charge in [0.1, 0.15) is 5.75 Å². The molecule has 1 aliphatic carbocycles. The van der Waals surface area contributed by atoms with Crippen LogP contribution in [0.25, 0.3) is 0 Å². The Morgan fingerprint density at radius 2 is 1.94 bits per heavy atom. The van der Waals surface area contributed by atoms with E-state index in [0.29, 0.717) is 17.0 Å². The lowest BCUT2D eigenvalue weighted by molar-refractivity contribution is 0.257. The van der Waals surface area contributed by atoms with Crippen molar-refractivity contribution in [2.75, 3.05) is 0 Å². The van der Waals surface area contributed by atoms with Crippen molar-refractivity contribution < 1.29 is 5.11 Å². The number of hydrogen-bond donors (Lipinski definition) is 1. The van der Waals surface area contributed by atoms with E-state index in [-0.39, 0.29) is 0 Å². The molecule has 1 N–H and O–H groups in total. The Bertz CT molecular complexity index is 360. The number of alkyl halides is 1. The SMILES string of the molecule is CCCC1CCC(Cl)C(Cc2ccc(O)cc2)C1. The maximum atomic E-state index is 9.30. The summed E-state index contributed by atoms with van der Waals surface area (Å²) in [6.07, 6.45) is 7.40. The summed E-state index contributed by atoms with van der Waals surface area (Å²) < 4.78 is 0. The summed E-state index contributed by atoms with van der Waals surface area (Å²) in [5.74, 6) is 1.81. The molecule has 18 heavy (non-hydrogen) atoms. The Hall–Kier alpha value is -0.690. The summed E-state index contributed by atoms with van der Waals surface area (Å²) in [7, 11) is 0. The second kappa shape index (κ2) is 6.47. The van der Waals surface area contributed by atoms with Crippen LogP contribution in [-0.4, -0.2) is 10.5 Å².